The van der Waals surface area contributed by atoms with Gasteiger partial charge in [-0.3, -0.25) is 0 Å². The molecule has 0 aliphatic rings. The second-order valence-corrected chi connectivity index (χ2v) is 3.16. The Balaban J connectivity index is 3.71. The fourth-order valence-corrected chi connectivity index (χ4v) is 1.52. The van der Waals surface area contributed by atoms with E-state index in [4.69, 9.17) is 14.2 Å². The second-order valence-electron chi connectivity index (χ2n) is 3.16. The van der Waals surface area contributed by atoms with Crippen molar-refractivity contribution in [2.45, 2.75) is 0 Å². The first-order chi connectivity index (χ1) is 8.53. The van der Waals surface area contributed by atoms with Crippen LogP contribution in [0.3, 0.4) is 0 Å². The van der Waals surface area contributed by atoms with Gasteiger partial charge in [0.1, 0.15) is 0 Å². The molecule has 7 heteroatoms. The van der Waals surface area contributed by atoms with Crippen LogP contribution in [0.2, 0.25) is 0 Å². The van der Waals surface area contributed by atoms with Crippen molar-refractivity contribution < 1.29 is 34.0 Å². The van der Waals surface area contributed by atoms with Crippen LogP contribution in [0.1, 0.15) is 10.4 Å². The van der Waals surface area contributed by atoms with Gasteiger partial charge in [-0.25, -0.2) is 4.79 Å². The van der Waals surface area contributed by atoms with Crippen LogP contribution in [0.25, 0.3) is 0 Å². The molecule has 0 spiro atoms. The predicted molar refractivity (Wildman–Crippen MR) is 60.8 cm³/mol. The molecule has 0 atom stereocenters. The van der Waals surface area contributed by atoms with Gasteiger partial charge in [0.2, 0.25) is 17.2 Å². The average Bonchev–Trinajstić information content (AvgIpc) is 2.39. The van der Waals surface area contributed by atoms with Crippen LogP contribution >= 0.6 is 0 Å². The maximum Gasteiger partial charge on any atom is 0.345 e. The van der Waals surface area contributed by atoms with E-state index < -0.39 is 17.5 Å². The van der Waals surface area contributed by atoms with Gasteiger partial charge in [-0.05, 0) is 0 Å². The van der Waals surface area contributed by atoms with E-state index in [-0.39, 0.29) is 22.8 Å². The van der Waals surface area contributed by atoms with Crippen molar-refractivity contribution in [1.82, 2.24) is 0 Å². The lowest BCUT2D eigenvalue weighted by Gasteiger charge is -2.17. The number of rotatable bonds is 4. The molecule has 0 saturated carbocycles. The summed E-state index contributed by atoms with van der Waals surface area (Å²) in [6.45, 7) is 0. The van der Waals surface area contributed by atoms with E-state index in [9.17, 15) is 15.0 Å². The molecule has 18 heavy (non-hydrogen) atoms. The van der Waals surface area contributed by atoms with Gasteiger partial charge in [0.05, 0.1) is 28.4 Å². The van der Waals surface area contributed by atoms with E-state index in [1.54, 1.807) is 0 Å². The van der Waals surface area contributed by atoms with Crippen molar-refractivity contribution in [2.75, 3.05) is 28.4 Å². The first kappa shape index (κ1) is 13.8. The van der Waals surface area contributed by atoms with Gasteiger partial charge in [0.15, 0.2) is 17.1 Å². The lowest BCUT2D eigenvalue weighted by molar-refractivity contribution is 0.0591. The van der Waals surface area contributed by atoms with E-state index in [2.05, 4.69) is 4.74 Å². The number of esters is 1. The number of aromatic hydroxyl groups is 2. The minimum Gasteiger partial charge on any atom is -0.503 e. The Morgan fingerprint density at radius 1 is 0.833 bits per heavy atom. The highest BCUT2D eigenvalue weighted by Gasteiger charge is 2.30. The van der Waals surface area contributed by atoms with Gasteiger partial charge < -0.3 is 29.2 Å². The van der Waals surface area contributed by atoms with Crippen molar-refractivity contribution in [1.29, 1.82) is 0 Å². The van der Waals surface area contributed by atoms with Crippen molar-refractivity contribution in [3.8, 4) is 28.7 Å². The maximum absolute atomic E-state index is 11.6. The molecule has 1 aromatic carbocycles. The Bertz CT molecular complexity index is 467. The molecule has 0 radical (unpaired) electrons. The van der Waals surface area contributed by atoms with Crippen LogP contribution in [0.15, 0.2) is 0 Å². The Labute approximate surface area is 103 Å². The fraction of sp³-hybridized carbons (Fsp3) is 0.364. The highest BCUT2D eigenvalue weighted by atomic mass is 16.5. The topological polar surface area (TPSA) is 94.5 Å². The summed E-state index contributed by atoms with van der Waals surface area (Å²) in [6.07, 6.45) is 0. The van der Waals surface area contributed by atoms with Crippen molar-refractivity contribution in [2.24, 2.45) is 0 Å². The van der Waals surface area contributed by atoms with Crippen molar-refractivity contribution in [3.05, 3.63) is 5.56 Å². The Kier molecular flexibility index (Phi) is 4.09. The highest BCUT2D eigenvalue weighted by molar-refractivity contribution is 5.98. The number of hydrogen-bond donors (Lipinski definition) is 2. The molecule has 1 rings (SSSR count). The smallest absolute Gasteiger partial charge is 0.345 e. The fourth-order valence-electron chi connectivity index (χ4n) is 1.52. The van der Waals surface area contributed by atoms with Gasteiger partial charge in [0.25, 0.3) is 0 Å². The standard InChI is InChI=1S/C11H14O7/c1-15-8-5(11(14)18-4)6(12)7(13)9(16-2)10(8)17-3/h12-13H,1-4H3. The summed E-state index contributed by atoms with van der Waals surface area (Å²) in [7, 11) is 4.99. The Morgan fingerprint density at radius 2 is 1.33 bits per heavy atom. The molecule has 100 valence electrons. The largest absolute Gasteiger partial charge is 0.503 e. The maximum atomic E-state index is 11.6. The number of phenolic OH excluding ortho intramolecular Hbond substituents is 2. The lowest BCUT2D eigenvalue weighted by Crippen LogP contribution is -2.07. The third-order valence-electron chi connectivity index (χ3n) is 2.32. The minimum atomic E-state index is -0.874. The normalized spacial score (nSPS) is 9.78. The predicted octanol–water partition coefficient (Wildman–Crippen LogP) is 0.910. The molecule has 0 unspecified atom stereocenters. The average molecular weight is 258 g/mol. The summed E-state index contributed by atoms with van der Waals surface area (Å²) in [5.41, 5.74) is -0.338. The zero-order valence-electron chi connectivity index (χ0n) is 10.4. The van der Waals surface area contributed by atoms with E-state index >= 15 is 0 Å². The first-order valence-electron chi connectivity index (χ1n) is 4.85. The Morgan fingerprint density at radius 3 is 1.72 bits per heavy atom. The van der Waals surface area contributed by atoms with Crippen LogP contribution in [0, 0.1) is 0 Å². The molecular weight excluding hydrogens is 244 g/mol. The molecule has 0 aliphatic carbocycles. The van der Waals surface area contributed by atoms with E-state index in [0.29, 0.717) is 0 Å². The second kappa shape index (κ2) is 5.35. The van der Waals surface area contributed by atoms with E-state index in [1.807, 2.05) is 0 Å². The molecule has 0 aromatic heterocycles. The SMILES string of the molecule is COC(=O)c1c(O)c(O)c(OC)c(OC)c1OC. The molecule has 1 aromatic rings. The monoisotopic (exact) mass is 258 g/mol. The van der Waals surface area contributed by atoms with Crippen LogP contribution in [-0.2, 0) is 4.74 Å². The van der Waals surface area contributed by atoms with Crippen LogP contribution < -0.4 is 14.2 Å². The number of benzene rings is 1. The third kappa shape index (κ3) is 1.94. The number of hydrogen-bond acceptors (Lipinski definition) is 7. The summed E-state index contributed by atoms with van der Waals surface area (Å²) in [5, 5.41) is 19.5. The summed E-state index contributed by atoms with van der Waals surface area (Å²) < 4.78 is 19.4. The van der Waals surface area contributed by atoms with Crippen LogP contribution in [-0.4, -0.2) is 44.6 Å². The molecule has 0 amide bonds. The van der Waals surface area contributed by atoms with Crippen molar-refractivity contribution >= 4 is 5.97 Å². The molecule has 0 fully saturated rings. The highest BCUT2D eigenvalue weighted by Crippen LogP contribution is 2.52. The van der Waals surface area contributed by atoms with Gasteiger partial charge in [-0.1, -0.05) is 0 Å². The third-order valence-corrected chi connectivity index (χ3v) is 2.32. The molecular formula is C11H14O7. The molecule has 0 bridgehead atoms. The van der Waals surface area contributed by atoms with E-state index in [1.165, 1.54) is 21.3 Å². The Hall–Kier alpha value is -2.31. The number of phenols is 2. The van der Waals surface area contributed by atoms with Gasteiger partial charge in [-0.15, -0.1) is 0 Å². The lowest BCUT2D eigenvalue weighted by atomic mass is 10.1. The summed E-state index contributed by atoms with van der Waals surface area (Å²) in [4.78, 5) is 11.6. The van der Waals surface area contributed by atoms with Crippen molar-refractivity contribution in [3.63, 3.8) is 0 Å². The first-order valence-corrected chi connectivity index (χ1v) is 4.85. The zero-order valence-corrected chi connectivity index (χ0v) is 10.4. The molecule has 0 saturated heterocycles. The summed E-state index contributed by atoms with van der Waals surface area (Å²) in [6, 6.07) is 0. The minimum absolute atomic E-state index is 0.0179. The summed E-state index contributed by atoms with van der Waals surface area (Å²) in [5.74, 6) is -2.45. The number of ether oxygens (including phenoxy) is 4. The number of carbonyl (C=O) groups excluding carboxylic acids is 1. The quantitative estimate of drug-likeness (QED) is 0.612. The van der Waals surface area contributed by atoms with Crippen LogP contribution in [0.5, 0.6) is 28.7 Å². The van der Waals surface area contributed by atoms with Gasteiger partial charge in [0, 0.05) is 0 Å². The summed E-state index contributed by atoms with van der Waals surface area (Å²) >= 11 is 0. The van der Waals surface area contributed by atoms with Crippen LogP contribution in [0.4, 0.5) is 0 Å². The van der Waals surface area contributed by atoms with E-state index in [0.717, 1.165) is 7.11 Å². The zero-order chi connectivity index (χ0) is 13.9. The van der Waals surface area contributed by atoms with Gasteiger partial charge >= 0.3 is 5.97 Å². The molecule has 7 nitrogen and oxygen atoms in total. The van der Waals surface area contributed by atoms with Gasteiger partial charge in [-0.2, -0.15) is 0 Å². The molecule has 2 N–H and O–H groups in total. The number of methoxy groups -OCH3 is 4. The number of carbonyl (C=O) groups is 1. The molecule has 0 heterocycles. The molecule has 0 aliphatic heterocycles.